The van der Waals surface area contributed by atoms with Crippen molar-refractivity contribution in [3.63, 3.8) is 0 Å². The molecule has 1 aliphatic heterocycles. The van der Waals surface area contributed by atoms with Gasteiger partial charge in [0.2, 0.25) is 0 Å². The highest BCUT2D eigenvalue weighted by atomic mass is 16.6. The predicted octanol–water partition coefficient (Wildman–Crippen LogP) is 1.27. The van der Waals surface area contributed by atoms with Gasteiger partial charge in [0.1, 0.15) is 5.60 Å². The Morgan fingerprint density at radius 3 is 2.22 bits per heavy atom. The Labute approximate surface area is 110 Å². The van der Waals surface area contributed by atoms with Crippen molar-refractivity contribution in [2.45, 2.75) is 51.8 Å². The van der Waals surface area contributed by atoms with Crippen LogP contribution in [0, 0.1) is 0 Å². The lowest BCUT2D eigenvalue weighted by molar-refractivity contribution is -0.00719. The summed E-state index contributed by atoms with van der Waals surface area (Å²) in [4.78, 5) is 15.8. The average molecular weight is 257 g/mol. The molecule has 0 radical (unpaired) electrons. The third-order valence-corrected chi connectivity index (χ3v) is 2.80. The van der Waals surface area contributed by atoms with Crippen molar-refractivity contribution in [2.75, 3.05) is 26.7 Å². The first-order valence-corrected chi connectivity index (χ1v) is 6.45. The van der Waals surface area contributed by atoms with Gasteiger partial charge in [0.15, 0.2) is 0 Å². The van der Waals surface area contributed by atoms with E-state index in [0.717, 1.165) is 19.6 Å². The molecule has 1 aliphatic rings. The van der Waals surface area contributed by atoms with Crippen molar-refractivity contribution in [3.8, 4) is 0 Å². The Morgan fingerprint density at radius 2 is 1.83 bits per heavy atom. The molecule has 106 valence electrons. The van der Waals surface area contributed by atoms with E-state index in [1.807, 2.05) is 34.6 Å². The summed E-state index contributed by atoms with van der Waals surface area (Å²) in [7, 11) is 1.80. The van der Waals surface area contributed by atoms with Crippen LogP contribution in [0.5, 0.6) is 0 Å². The lowest BCUT2D eigenvalue weighted by atomic mass is 10.0. The van der Waals surface area contributed by atoms with Crippen molar-refractivity contribution in [1.29, 1.82) is 0 Å². The lowest BCUT2D eigenvalue weighted by Crippen LogP contribution is -2.63. The molecule has 5 heteroatoms. The van der Waals surface area contributed by atoms with E-state index in [1.165, 1.54) is 0 Å². The molecule has 0 spiro atoms. The molecule has 0 saturated carbocycles. The Balaban J connectivity index is 2.35. The van der Waals surface area contributed by atoms with Gasteiger partial charge in [0, 0.05) is 32.2 Å². The zero-order valence-electron chi connectivity index (χ0n) is 12.5. The van der Waals surface area contributed by atoms with E-state index in [9.17, 15) is 4.79 Å². The lowest BCUT2D eigenvalue weighted by Gasteiger charge is -2.46. The number of hydrogen-bond acceptors (Lipinski definition) is 4. The second kappa shape index (κ2) is 5.05. The van der Waals surface area contributed by atoms with E-state index in [2.05, 4.69) is 4.90 Å². The summed E-state index contributed by atoms with van der Waals surface area (Å²) < 4.78 is 5.34. The SMILES string of the molecule is CN(C(=O)OC(C)(C)C)C1CN(CC(C)(C)N)C1. The number of likely N-dealkylation sites (N-methyl/N-ethyl adjacent to an activating group) is 1. The topological polar surface area (TPSA) is 58.8 Å². The van der Waals surface area contributed by atoms with Crippen molar-refractivity contribution in [1.82, 2.24) is 9.80 Å². The summed E-state index contributed by atoms with van der Waals surface area (Å²) in [6.07, 6.45) is -0.251. The number of amides is 1. The summed E-state index contributed by atoms with van der Waals surface area (Å²) >= 11 is 0. The van der Waals surface area contributed by atoms with Crippen LogP contribution in [0.25, 0.3) is 0 Å². The molecule has 0 unspecified atom stereocenters. The van der Waals surface area contributed by atoms with Crippen LogP contribution in [0.2, 0.25) is 0 Å². The Morgan fingerprint density at radius 1 is 1.33 bits per heavy atom. The van der Waals surface area contributed by atoms with Crippen molar-refractivity contribution in [3.05, 3.63) is 0 Å². The molecule has 5 nitrogen and oxygen atoms in total. The van der Waals surface area contributed by atoms with Crippen LogP contribution in [-0.4, -0.2) is 59.8 Å². The van der Waals surface area contributed by atoms with Gasteiger partial charge in [0.25, 0.3) is 0 Å². The number of nitrogens with zero attached hydrogens (tertiary/aromatic N) is 2. The molecule has 1 fully saturated rings. The fourth-order valence-corrected chi connectivity index (χ4v) is 1.98. The van der Waals surface area contributed by atoms with Crippen LogP contribution >= 0.6 is 0 Å². The predicted molar refractivity (Wildman–Crippen MR) is 72.5 cm³/mol. The van der Waals surface area contributed by atoms with Gasteiger partial charge in [-0.2, -0.15) is 0 Å². The van der Waals surface area contributed by atoms with E-state index >= 15 is 0 Å². The largest absolute Gasteiger partial charge is 0.444 e. The molecule has 2 N–H and O–H groups in total. The van der Waals surface area contributed by atoms with Crippen LogP contribution < -0.4 is 5.73 Å². The molecule has 0 aliphatic carbocycles. The van der Waals surface area contributed by atoms with Gasteiger partial charge < -0.3 is 15.4 Å². The van der Waals surface area contributed by atoms with Crippen LogP contribution in [0.1, 0.15) is 34.6 Å². The molecule has 0 aromatic heterocycles. The fourth-order valence-electron chi connectivity index (χ4n) is 1.98. The fraction of sp³-hybridized carbons (Fsp3) is 0.923. The Bertz CT molecular complexity index is 298. The minimum Gasteiger partial charge on any atom is -0.444 e. The van der Waals surface area contributed by atoms with Crippen LogP contribution in [0.3, 0.4) is 0 Å². The van der Waals surface area contributed by atoms with E-state index in [1.54, 1.807) is 11.9 Å². The smallest absolute Gasteiger partial charge is 0.410 e. The van der Waals surface area contributed by atoms with Crippen molar-refractivity contribution < 1.29 is 9.53 Å². The number of carbonyl (C=O) groups excluding carboxylic acids is 1. The highest BCUT2D eigenvalue weighted by Gasteiger charge is 2.35. The van der Waals surface area contributed by atoms with Gasteiger partial charge in [-0.3, -0.25) is 4.90 Å². The average Bonchev–Trinajstić information content (AvgIpc) is 2.04. The van der Waals surface area contributed by atoms with Crippen LogP contribution in [-0.2, 0) is 4.74 Å². The van der Waals surface area contributed by atoms with E-state index in [0.29, 0.717) is 0 Å². The van der Waals surface area contributed by atoms with Crippen LogP contribution in [0.4, 0.5) is 4.79 Å². The second-order valence-electron chi connectivity index (χ2n) is 6.93. The molecule has 0 bridgehead atoms. The molecule has 0 aromatic rings. The third-order valence-electron chi connectivity index (χ3n) is 2.80. The highest BCUT2D eigenvalue weighted by molar-refractivity contribution is 5.68. The number of rotatable bonds is 3. The first-order valence-electron chi connectivity index (χ1n) is 6.45. The van der Waals surface area contributed by atoms with Crippen LogP contribution in [0.15, 0.2) is 0 Å². The third kappa shape index (κ3) is 4.82. The minimum atomic E-state index is -0.436. The summed E-state index contributed by atoms with van der Waals surface area (Å²) in [5.74, 6) is 0. The number of nitrogens with two attached hydrogens (primary N) is 1. The zero-order valence-corrected chi connectivity index (χ0v) is 12.5. The summed E-state index contributed by atoms with van der Waals surface area (Å²) in [5, 5.41) is 0. The first kappa shape index (κ1) is 15.2. The van der Waals surface area contributed by atoms with Gasteiger partial charge in [-0.15, -0.1) is 0 Å². The first-order chi connectivity index (χ1) is 7.98. The van der Waals surface area contributed by atoms with E-state index in [4.69, 9.17) is 10.5 Å². The maximum atomic E-state index is 11.8. The number of ether oxygens (including phenoxy) is 1. The zero-order chi connectivity index (χ0) is 14.1. The molecule has 18 heavy (non-hydrogen) atoms. The summed E-state index contributed by atoms with van der Waals surface area (Å²) in [6.45, 7) is 12.3. The van der Waals surface area contributed by atoms with E-state index in [-0.39, 0.29) is 17.7 Å². The Hall–Kier alpha value is -0.810. The molecule has 1 saturated heterocycles. The number of hydrogen-bond donors (Lipinski definition) is 1. The summed E-state index contributed by atoms with van der Waals surface area (Å²) in [6, 6.07) is 0.238. The monoisotopic (exact) mass is 257 g/mol. The molecular weight excluding hydrogens is 230 g/mol. The van der Waals surface area contributed by atoms with Crippen molar-refractivity contribution in [2.24, 2.45) is 5.73 Å². The number of carbonyl (C=O) groups is 1. The molecule has 0 aromatic carbocycles. The van der Waals surface area contributed by atoms with Gasteiger partial charge >= 0.3 is 6.09 Å². The van der Waals surface area contributed by atoms with Gasteiger partial charge in [-0.1, -0.05) is 0 Å². The van der Waals surface area contributed by atoms with Gasteiger partial charge in [0.05, 0.1) is 6.04 Å². The van der Waals surface area contributed by atoms with E-state index < -0.39 is 5.60 Å². The van der Waals surface area contributed by atoms with Gasteiger partial charge in [-0.05, 0) is 34.6 Å². The maximum Gasteiger partial charge on any atom is 0.410 e. The maximum absolute atomic E-state index is 11.8. The number of likely N-dealkylation sites (tertiary alicyclic amines) is 1. The summed E-state index contributed by atoms with van der Waals surface area (Å²) in [5.41, 5.74) is 5.34. The van der Waals surface area contributed by atoms with Crippen molar-refractivity contribution >= 4 is 6.09 Å². The highest BCUT2D eigenvalue weighted by Crippen LogP contribution is 2.18. The van der Waals surface area contributed by atoms with Gasteiger partial charge in [-0.25, -0.2) is 4.79 Å². The normalized spacial score (nSPS) is 18.4. The second-order valence-corrected chi connectivity index (χ2v) is 6.93. The molecular formula is C13H27N3O2. The molecule has 1 heterocycles. The molecule has 1 rings (SSSR count). The molecule has 0 atom stereocenters. The standard InChI is InChI=1S/C13H27N3O2/c1-12(2,3)18-11(17)15(6)10-7-16(8-10)9-13(4,5)14/h10H,7-9,14H2,1-6H3. The Kier molecular flexibility index (Phi) is 4.28. The quantitative estimate of drug-likeness (QED) is 0.827. The molecule has 1 amide bonds. The minimum absolute atomic E-state index is 0.185.